The zero-order valence-electron chi connectivity index (χ0n) is 17.5. The van der Waals surface area contributed by atoms with E-state index in [1.54, 1.807) is 13.8 Å². The Hall–Kier alpha value is -3.80. The Labute approximate surface area is 186 Å². The van der Waals surface area contributed by atoms with Crippen molar-refractivity contribution in [3.8, 4) is 0 Å². The summed E-state index contributed by atoms with van der Waals surface area (Å²) in [5.41, 5.74) is -0.117. The van der Waals surface area contributed by atoms with Gasteiger partial charge in [0, 0.05) is 12.1 Å². The van der Waals surface area contributed by atoms with Crippen molar-refractivity contribution >= 4 is 45.8 Å². The minimum Gasteiger partial charge on any atom is -0.462 e. The molecule has 1 aromatic carbocycles. The number of nitro groups is 1. The first-order chi connectivity index (χ1) is 15.2. The maximum Gasteiger partial charge on any atom is 0.348 e. The number of carbonyl (C=O) groups excluding carboxylic acids is 4. The highest BCUT2D eigenvalue weighted by atomic mass is 32.1. The van der Waals surface area contributed by atoms with Crippen molar-refractivity contribution in [1.82, 2.24) is 0 Å². The summed E-state index contributed by atoms with van der Waals surface area (Å²) in [5, 5.41) is 13.3. The number of non-ortho nitro benzene ring substituents is 1. The summed E-state index contributed by atoms with van der Waals surface area (Å²) in [7, 11) is 0. The predicted octanol–water partition coefficient (Wildman–Crippen LogP) is 3.11. The van der Waals surface area contributed by atoms with Crippen LogP contribution in [0.3, 0.4) is 0 Å². The molecule has 2 aromatic rings. The van der Waals surface area contributed by atoms with Crippen molar-refractivity contribution in [3.05, 3.63) is 55.9 Å². The third-order valence-electron chi connectivity index (χ3n) is 3.97. The number of nitrogens with zero attached hydrogens (tertiary/aromatic N) is 1. The summed E-state index contributed by atoms with van der Waals surface area (Å²) in [4.78, 5) is 59.2. The van der Waals surface area contributed by atoms with Gasteiger partial charge >= 0.3 is 17.9 Å². The number of carbonyl (C=O) groups is 4. The number of ether oxygens (including phenoxy) is 3. The van der Waals surface area contributed by atoms with Crippen LogP contribution in [0.15, 0.2) is 24.3 Å². The lowest BCUT2D eigenvalue weighted by molar-refractivity contribution is -0.384. The van der Waals surface area contributed by atoms with Gasteiger partial charge in [-0.1, -0.05) is 6.07 Å². The normalized spacial score (nSPS) is 10.2. The van der Waals surface area contributed by atoms with E-state index < -0.39 is 35.3 Å². The number of thiophene rings is 1. The lowest BCUT2D eigenvalue weighted by atomic mass is 10.1. The molecule has 0 aliphatic carbocycles. The number of hydrogen-bond acceptors (Lipinski definition) is 10. The summed E-state index contributed by atoms with van der Waals surface area (Å²) >= 11 is 0.830. The monoisotopic (exact) mass is 464 g/mol. The van der Waals surface area contributed by atoms with Crippen LogP contribution in [0.2, 0.25) is 0 Å². The summed E-state index contributed by atoms with van der Waals surface area (Å²) in [6.45, 7) is 4.24. The van der Waals surface area contributed by atoms with Crippen LogP contribution in [0.1, 0.15) is 49.8 Å². The van der Waals surface area contributed by atoms with Crippen LogP contribution in [0, 0.1) is 17.0 Å². The average Bonchev–Trinajstić information content (AvgIpc) is 3.08. The number of hydrogen-bond donors (Lipinski definition) is 1. The molecule has 0 saturated heterocycles. The molecule has 12 heteroatoms. The van der Waals surface area contributed by atoms with Gasteiger partial charge < -0.3 is 19.5 Å². The number of benzene rings is 1. The average molecular weight is 464 g/mol. The third kappa shape index (κ3) is 5.88. The minimum atomic E-state index is -0.941. The van der Waals surface area contributed by atoms with E-state index in [0.717, 1.165) is 17.4 Å². The second kappa shape index (κ2) is 11.0. The molecule has 0 radical (unpaired) electrons. The van der Waals surface area contributed by atoms with E-state index in [2.05, 4.69) is 5.32 Å². The Morgan fingerprint density at radius 2 is 1.69 bits per heavy atom. The second-order valence-electron chi connectivity index (χ2n) is 6.13. The van der Waals surface area contributed by atoms with Gasteiger partial charge in [-0.05, 0) is 32.4 Å². The molecule has 0 aliphatic rings. The van der Waals surface area contributed by atoms with Gasteiger partial charge in [-0.3, -0.25) is 14.9 Å². The summed E-state index contributed by atoms with van der Waals surface area (Å²) in [6, 6.07) is 4.85. The van der Waals surface area contributed by atoms with E-state index in [1.807, 2.05) is 0 Å². The van der Waals surface area contributed by atoms with Crippen molar-refractivity contribution in [1.29, 1.82) is 0 Å². The number of nitro benzene ring substituents is 1. The molecular formula is C20H20N2O9S. The Morgan fingerprint density at radius 3 is 2.31 bits per heavy atom. The van der Waals surface area contributed by atoms with Crippen molar-refractivity contribution < 1.29 is 38.3 Å². The topological polar surface area (TPSA) is 151 Å². The fourth-order valence-electron chi connectivity index (χ4n) is 2.57. The van der Waals surface area contributed by atoms with E-state index in [1.165, 1.54) is 25.1 Å². The maximum atomic E-state index is 12.3. The molecule has 1 amide bonds. The highest BCUT2D eigenvalue weighted by Crippen LogP contribution is 2.34. The van der Waals surface area contributed by atoms with Crippen molar-refractivity contribution in [3.63, 3.8) is 0 Å². The molecule has 11 nitrogen and oxygen atoms in total. The highest BCUT2D eigenvalue weighted by molar-refractivity contribution is 7.18. The molecule has 0 aliphatic heterocycles. The highest BCUT2D eigenvalue weighted by Gasteiger charge is 2.27. The van der Waals surface area contributed by atoms with Crippen LogP contribution in [0.4, 0.5) is 10.7 Å². The molecule has 0 unspecified atom stereocenters. The summed E-state index contributed by atoms with van der Waals surface area (Å²) < 4.78 is 14.9. The van der Waals surface area contributed by atoms with Gasteiger partial charge in [-0.2, -0.15) is 0 Å². The van der Waals surface area contributed by atoms with Gasteiger partial charge in [0.05, 0.1) is 29.3 Å². The quantitative estimate of drug-likeness (QED) is 0.255. The Morgan fingerprint density at radius 1 is 1.03 bits per heavy atom. The number of rotatable bonds is 9. The van der Waals surface area contributed by atoms with Crippen LogP contribution in [-0.2, 0) is 19.0 Å². The van der Waals surface area contributed by atoms with Crippen LogP contribution < -0.4 is 5.32 Å². The lowest BCUT2D eigenvalue weighted by Gasteiger charge is -2.08. The summed E-state index contributed by atoms with van der Waals surface area (Å²) in [5.74, 6) is -3.12. The molecule has 0 spiro atoms. The van der Waals surface area contributed by atoms with Crippen LogP contribution >= 0.6 is 11.3 Å². The van der Waals surface area contributed by atoms with Crippen LogP contribution in [-0.4, -0.2) is 48.6 Å². The van der Waals surface area contributed by atoms with Gasteiger partial charge in [-0.25, -0.2) is 14.4 Å². The Balaban J connectivity index is 2.16. The number of anilines is 1. The van der Waals surface area contributed by atoms with Gasteiger partial charge in [0.2, 0.25) is 0 Å². The first-order valence-electron chi connectivity index (χ1n) is 9.38. The third-order valence-corrected chi connectivity index (χ3v) is 5.15. The first-order valence-corrected chi connectivity index (χ1v) is 10.2. The predicted molar refractivity (Wildman–Crippen MR) is 113 cm³/mol. The maximum absolute atomic E-state index is 12.3. The molecule has 1 aromatic heterocycles. The zero-order valence-corrected chi connectivity index (χ0v) is 18.3. The summed E-state index contributed by atoms with van der Waals surface area (Å²) in [6.07, 6.45) is 0. The first kappa shape index (κ1) is 24.5. The van der Waals surface area contributed by atoms with E-state index in [0.29, 0.717) is 0 Å². The fourth-order valence-corrected chi connectivity index (χ4v) is 3.67. The molecule has 0 atom stereocenters. The van der Waals surface area contributed by atoms with E-state index in [4.69, 9.17) is 14.2 Å². The molecule has 170 valence electrons. The molecule has 0 fully saturated rings. The second-order valence-corrected chi connectivity index (χ2v) is 7.15. The minimum absolute atomic E-state index is 0.00161. The van der Waals surface area contributed by atoms with Crippen LogP contribution in [0.5, 0.6) is 0 Å². The van der Waals surface area contributed by atoms with E-state index in [-0.39, 0.29) is 45.5 Å². The van der Waals surface area contributed by atoms with Gasteiger partial charge in [0.15, 0.2) is 6.61 Å². The van der Waals surface area contributed by atoms with Gasteiger partial charge in [0.1, 0.15) is 9.88 Å². The molecule has 0 saturated carbocycles. The molecule has 0 bridgehead atoms. The van der Waals surface area contributed by atoms with Gasteiger partial charge in [0.25, 0.3) is 11.6 Å². The van der Waals surface area contributed by atoms with Crippen molar-refractivity contribution in [2.45, 2.75) is 20.8 Å². The van der Waals surface area contributed by atoms with E-state index >= 15 is 0 Å². The largest absolute Gasteiger partial charge is 0.462 e. The smallest absolute Gasteiger partial charge is 0.348 e. The van der Waals surface area contributed by atoms with Crippen molar-refractivity contribution in [2.75, 3.05) is 25.1 Å². The van der Waals surface area contributed by atoms with Crippen LogP contribution in [0.25, 0.3) is 0 Å². The zero-order chi connectivity index (χ0) is 23.8. The Bertz CT molecular complexity index is 1060. The number of esters is 3. The number of nitrogens with one attached hydrogen (secondary N) is 1. The lowest BCUT2D eigenvalue weighted by Crippen LogP contribution is -2.21. The fraction of sp³-hybridized carbons (Fsp3) is 0.300. The molecule has 32 heavy (non-hydrogen) atoms. The standard InChI is InChI=1S/C20H20N2O9S/c1-4-29-19(25)15-11(3)16(20(26)30-5-2)32-17(15)21-14(23)10-31-18(24)12-7-6-8-13(9-12)22(27)28/h6-9H,4-5,10H2,1-3H3,(H,21,23). The Kier molecular flexibility index (Phi) is 8.41. The van der Waals surface area contributed by atoms with Gasteiger partial charge in [-0.15, -0.1) is 11.3 Å². The number of amides is 1. The SMILES string of the molecule is CCOC(=O)c1sc(NC(=O)COC(=O)c2cccc([N+](=O)[O-])c2)c(C(=O)OCC)c1C. The van der Waals surface area contributed by atoms with E-state index in [9.17, 15) is 29.3 Å². The molecule has 2 rings (SSSR count). The molecule has 1 N–H and O–H groups in total. The van der Waals surface area contributed by atoms with Crippen molar-refractivity contribution in [2.24, 2.45) is 0 Å². The molecular weight excluding hydrogens is 444 g/mol. The molecule has 1 heterocycles.